The van der Waals surface area contributed by atoms with E-state index in [1.165, 1.54) is 29.3 Å². The van der Waals surface area contributed by atoms with Gasteiger partial charge in [-0.2, -0.15) is 0 Å². The van der Waals surface area contributed by atoms with Gasteiger partial charge in [0, 0.05) is 35.5 Å². The first-order chi connectivity index (χ1) is 13.0. The van der Waals surface area contributed by atoms with Crippen molar-refractivity contribution >= 4 is 24.0 Å². The number of aromatic hydroxyl groups is 1. The molecule has 3 N–H and O–H groups in total. The topological polar surface area (TPSA) is 86.7 Å². The van der Waals surface area contributed by atoms with Crippen LogP contribution in [0.5, 0.6) is 11.5 Å². The Morgan fingerprint density at radius 2 is 2.11 bits per heavy atom. The average molecular weight is 394 g/mol. The quantitative estimate of drug-likeness (QED) is 0.655. The summed E-state index contributed by atoms with van der Waals surface area (Å²) in [5.74, 6) is -0.108. The Hall–Kier alpha value is -2.52. The molecule has 27 heavy (non-hydrogen) atoms. The number of carbonyl (C=O) groups is 1. The number of pyridine rings is 1. The van der Waals surface area contributed by atoms with Gasteiger partial charge in [0.05, 0.1) is 12.6 Å². The predicted molar refractivity (Wildman–Crippen MR) is 104 cm³/mol. The maximum absolute atomic E-state index is 14.6. The molecule has 0 radical (unpaired) electrons. The van der Waals surface area contributed by atoms with Crippen molar-refractivity contribution in [2.75, 3.05) is 11.8 Å². The number of halogens is 1. The Balaban J connectivity index is 0.00000126. The summed E-state index contributed by atoms with van der Waals surface area (Å²) in [6.45, 7) is 5.86. The number of fused-ring (bicyclic) bond motifs is 1. The summed E-state index contributed by atoms with van der Waals surface area (Å²) in [5.41, 5.74) is 1.07. The molecule has 146 valence electrons. The first-order valence-corrected chi connectivity index (χ1v) is 9.36. The fourth-order valence-corrected chi connectivity index (χ4v) is 2.94. The first kappa shape index (κ1) is 20.8. The lowest BCUT2D eigenvalue weighted by atomic mass is 10.0. The van der Waals surface area contributed by atoms with Crippen LogP contribution in [-0.2, 0) is 6.54 Å². The number of nitrogens with zero attached hydrogens (tertiary/aromatic N) is 2. The second-order valence-electron chi connectivity index (χ2n) is 5.43. The number of anilines is 1. The molecule has 0 fully saturated rings. The van der Waals surface area contributed by atoms with Gasteiger partial charge < -0.3 is 9.84 Å². The van der Waals surface area contributed by atoms with Gasteiger partial charge in [0.2, 0.25) is 0 Å². The number of phenols is 1. The van der Waals surface area contributed by atoms with Gasteiger partial charge in [0.15, 0.2) is 11.6 Å². The molecule has 0 bridgehead atoms. The van der Waals surface area contributed by atoms with Gasteiger partial charge in [-0.25, -0.2) is 18.9 Å². The maximum atomic E-state index is 14.6. The van der Waals surface area contributed by atoms with Crippen molar-refractivity contribution in [3.8, 4) is 11.5 Å². The SMILES string of the molecule is CC.CNSNc1nccc(CN2C(=O)Oc3cc(O)ccc3C2C)c1F. The van der Waals surface area contributed by atoms with E-state index in [9.17, 15) is 14.3 Å². The van der Waals surface area contributed by atoms with Crippen LogP contribution in [0.3, 0.4) is 0 Å². The van der Waals surface area contributed by atoms with Crippen LogP contribution in [-0.4, -0.2) is 28.1 Å². The zero-order valence-corrected chi connectivity index (χ0v) is 16.4. The molecule has 1 aliphatic rings. The van der Waals surface area contributed by atoms with Crippen LogP contribution in [0.4, 0.5) is 15.0 Å². The second kappa shape index (κ2) is 9.43. The van der Waals surface area contributed by atoms with Gasteiger partial charge in [0.25, 0.3) is 0 Å². The Morgan fingerprint density at radius 3 is 2.81 bits per heavy atom. The Labute approximate surface area is 162 Å². The van der Waals surface area contributed by atoms with Gasteiger partial charge >= 0.3 is 6.09 Å². The van der Waals surface area contributed by atoms with E-state index in [-0.39, 0.29) is 24.2 Å². The molecule has 1 unspecified atom stereocenters. The summed E-state index contributed by atoms with van der Waals surface area (Å²) < 4.78 is 25.3. The third-order valence-corrected chi connectivity index (χ3v) is 4.41. The van der Waals surface area contributed by atoms with Gasteiger partial charge in [0.1, 0.15) is 11.5 Å². The summed E-state index contributed by atoms with van der Waals surface area (Å²) >= 11 is 1.09. The molecule has 0 saturated carbocycles. The molecule has 1 amide bonds. The fraction of sp³-hybridized carbons (Fsp3) is 0.333. The summed E-state index contributed by atoms with van der Waals surface area (Å²) in [6.07, 6.45) is 0.879. The molecule has 1 aromatic carbocycles. The monoisotopic (exact) mass is 394 g/mol. The molecule has 1 atom stereocenters. The molecule has 9 heteroatoms. The lowest BCUT2D eigenvalue weighted by Crippen LogP contribution is -2.39. The molecule has 0 saturated heterocycles. The number of aromatic nitrogens is 1. The number of nitrogens with one attached hydrogen (secondary N) is 2. The fourth-order valence-electron chi connectivity index (χ4n) is 2.60. The minimum atomic E-state index is -0.596. The third-order valence-electron chi connectivity index (χ3n) is 3.91. The van der Waals surface area contributed by atoms with Crippen molar-refractivity contribution in [3.05, 3.63) is 47.4 Å². The molecule has 2 aromatic rings. The van der Waals surface area contributed by atoms with Crippen LogP contribution < -0.4 is 14.2 Å². The molecular weight excluding hydrogens is 371 g/mol. The summed E-state index contributed by atoms with van der Waals surface area (Å²) in [5, 5.41) is 9.52. The van der Waals surface area contributed by atoms with E-state index in [4.69, 9.17) is 4.74 Å². The van der Waals surface area contributed by atoms with Crippen molar-refractivity contribution in [3.63, 3.8) is 0 Å². The van der Waals surface area contributed by atoms with E-state index in [0.717, 1.165) is 17.7 Å². The van der Waals surface area contributed by atoms with E-state index < -0.39 is 11.9 Å². The third kappa shape index (κ3) is 4.61. The highest BCUT2D eigenvalue weighted by molar-refractivity contribution is 7.98. The number of ether oxygens (including phenoxy) is 1. The minimum Gasteiger partial charge on any atom is -0.508 e. The van der Waals surface area contributed by atoms with Crippen LogP contribution in [0.25, 0.3) is 0 Å². The van der Waals surface area contributed by atoms with E-state index in [1.54, 1.807) is 13.1 Å². The Bertz CT molecular complexity index is 806. The lowest BCUT2D eigenvalue weighted by Gasteiger charge is -2.34. The molecule has 0 spiro atoms. The molecular formula is C18H23FN4O3S. The van der Waals surface area contributed by atoms with E-state index in [2.05, 4.69) is 14.4 Å². The lowest BCUT2D eigenvalue weighted by molar-refractivity contribution is 0.116. The number of amides is 1. The number of carbonyl (C=O) groups excluding carboxylic acids is 1. The number of hydrogen-bond acceptors (Lipinski definition) is 7. The van der Waals surface area contributed by atoms with Gasteiger partial charge in [-0.15, -0.1) is 0 Å². The van der Waals surface area contributed by atoms with E-state index >= 15 is 0 Å². The summed E-state index contributed by atoms with van der Waals surface area (Å²) in [4.78, 5) is 17.7. The van der Waals surface area contributed by atoms with Gasteiger partial charge in [-0.1, -0.05) is 13.8 Å². The number of hydrogen-bond donors (Lipinski definition) is 3. The van der Waals surface area contributed by atoms with E-state index in [1.807, 2.05) is 20.8 Å². The average Bonchev–Trinajstić information content (AvgIpc) is 2.66. The number of benzene rings is 1. The summed E-state index contributed by atoms with van der Waals surface area (Å²) in [6, 6.07) is 5.81. The Kier molecular flexibility index (Phi) is 7.26. The first-order valence-electron chi connectivity index (χ1n) is 8.54. The zero-order valence-electron chi connectivity index (χ0n) is 15.6. The molecule has 1 aliphatic heterocycles. The number of phenolic OH excluding ortho intramolecular Hbond substituents is 1. The molecule has 1 aromatic heterocycles. The molecule has 7 nitrogen and oxygen atoms in total. The molecule has 2 heterocycles. The smallest absolute Gasteiger partial charge is 0.416 e. The maximum Gasteiger partial charge on any atom is 0.416 e. The van der Waals surface area contributed by atoms with Crippen molar-refractivity contribution in [2.24, 2.45) is 0 Å². The van der Waals surface area contributed by atoms with Crippen LogP contribution in [0.1, 0.15) is 37.9 Å². The van der Waals surface area contributed by atoms with Crippen LogP contribution in [0.15, 0.2) is 30.5 Å². The minimum absolute atomic E-state index is 0.0186. The summed E-state index contributed by atoms with van der Waals surface area (Å²) in [7, 11) is 1.69. The van der Waals surface area contributed by atoms with Crippen LogP contribution >= 0.6 is 12.1 Å². The van der Waals surface area contributed by atoms with Crippen LogP contribution in [0.2, 0.25) is 0 Å². The van der Waals surface area contributed by atoms with Crippen molar-refractivity contribution < 1.29 is 19.0 Å². The van der Waals surface area contributed by atoms with Gasteiger partial charge in [-0.3, -0.25) is 9.62 Å². The Morgan fingerprint density at radius 1 is 1.37 bits per heavy atom. The number of rotatable bonds is 5. The van der Waals surface area contributed by atoms with Gasteiger partial charge in [-0.05, 0) is 32.2 Å². The normalized spacial score (nSPS) is 15.4. The van der Waals surface area contributed by atoms with Crippen molar-refractivity contribution in [2.45, 2.75) is 33.4 Å². The molecule has 0 aliphatic carbocycles. The predicted octanol–water partition coefficient (Wildman–Crippen LogP) is 4.22. The zero-order chi connectivity index (χ0) is 20.0. The van der Waals surface area contributed by atoms with Crippen molar-refractivity contribution in [1.82, 2.24) is 14.6 Å². The largest absolute Gasteiger partial charge is 0.508 e. The highest BCUT2D eigenvalue weighted by atomic mass is 32.2. The second-order valence-corrected chi connectivity index (χ2v) is 6.25. The van der Waals surface area contributed by atoms with Crippen LogP contribution in [0, 0.1) is 5.82 Å². The van der Waals surface area contributed by atoms with E-state index in [0.29, 0.717) is 11.3 Å². The molecule has 3 rings (SSSR count). The highest BCUT2D eigenvalue weighted by Gasteiger charge is 2.32. The highest BCUT2D eigenvalue weighted by Crippen LogP contribution is 2.37. The standard InChI is InChI=1S/C16H17FN4O3S.C2H6/c1-9-12-4-3-11(22)7-13(12)24-16(23)21(9)8-10-5-6-19-15(14(10)17)20-25-18-2;1-2/h3-7,9,18,22H,8H2,1-2H3,(H,19,20);1-2H3. The van der Waals surface area contributed by atoms with Crippen molar-refractivity contribution in [1.29, 1.82) is 0 Å².